The van der Waals surface area contributed by atoms with Gasteiger partial charge in [-0.25, -0.2) is 9.50 Å². The van der Waals surface area contributed by atoms with Crippen LogP contribution in [-0.4, -0.2) is 45.0 Å². The zero-order valence-electron chi connectivity index (χ0n) is 19.3. The van der Waals surface area contributed by atoms with Crippen molar-refractivity contribution in [2.24, 2.45) is 0 Å². The molecule has 3 aromatic heterocycles. The van der Waals surface area contributed by atoms with Gasteiger partial charge in [-0.15, -0.1) is 5.10 Å². The van der Waals surface area contributed by atoms with Crippen LogP contribution in [0, 0.1) is 0 Å². The summed E-state index contributed by atoms with van der Waals surface area (Å²) in [7, 11) is 0.991. The molecule has 4 heterocycles. The van der Waals surface area contributed by atoms with E-state index >= 15 is 0 Å². The Balaban J connectivity index is 1.65. The lowest BCUT2D eigenvalue weighted by Gasteiger charge is -2.32. The van der Waals surface area contributed by atoms with Crippen molar-refractivity contribution < 1.29 is 18.8 Å². The van der Waals surface area contributed by atoms with Crippen LogP contribution in [0.2, 0.25) is 0 Å². The molecule has 0 unspecified atom stereocenters. The zero-order valence-corrected chi connectivity index (χ0v) is 19.3. The summed E-state index contributed by atoms with van der Waals surface area (Å²) in [6.07, 6.45) is 1.85. The van der Waals surface area contributed by atoms with Gasteiger partial charge in [0.25, 0.3) is 0 Å². The number of methoxy groups -OCH3 is 1. The molecule has 5 rings (SSSR count). The molecule has 168 valence electrons. The van der Waals surface area contributed by atoms with E-state index in [0.717, 1.165) is 5.46 Å². The molecule has 4 aromatic rings. The maximum atomic E-state index is 6.29. The second-order valence-corrected chi connectivity index (χ2v) is 8.87. The molecule has 1 aromatic carbocycles. The van der Waals surface area contributed by atoms with Gasteiger partial charge in [-0.1, -0.05) is 24.3 Å². The molecule has 0 N–H and O–H groups in total. The van der Waals surface area contributed by atoms with Crippen molar-refractivity contribution in [3.05, 3.63) is 60.8 Å². The Labute approximate surface area is 192 Å². The van der Waals surface area contributed by atoms with Crippen molar-refractivity contribution in [2.75, 3.05) is 7.11 Å². The quantitative estimate of drug-likeness (QED) is 0.432. The van der Waals surface area contributed by atoms with Crippen LogP contribution in [-0.2, 0) is 9.31 Å². The van der Waals surface area contributed by atoms with Crippen LogP contribution in [0.1, 0.15) is 27.7 Å². The lowest BCUT2D eigenvalue weighted by atomic mass is 9.80. The van der Waals surface area contributed by atoms with Gasteiger partial charge in [0.05, 0.1) is 18.3 Å². The van der Waals surface area contributed by atoms with E-state index in [-0.39, 0.29) is 0 Å². The molecule has 1 fully saturated rings. The molecule has 0 radical (unpaired) electrons. The number of nitrogens with zero attached hydrogens (tertiary/aromatic N) is 4. The van der Waals surface area contributed by atoms with Crippen LogP contribution in [0.5, 0.6) is 17.5 Å². The van der Waals surface area contributed by atoms with Crippen LogP contribution in [0.15, 0.2) is 60.8 Å². The van der Waals surface area contributed by atoms with E-state index in [1.165, 1.54) is 0 Å². The molecule has 9 heteroatoms. The maximum absolute atomic E-state index is 6.29. The summed E-state index contributed by atoms with van der Waals surface area (Å²) in [5.74, 6) is 1.92. The fraction of sp³-hybridized carbons (Fsp3) is 0.292. The summed E-state index contributed by atoms with van der Waals surface area (Å²) in [5.41, 5.74) is 1.09. The normalized spacial score (nSPS) is 16.8. The molecule has 33 heavy (non-hydrogen) atoms. The molecule has 1 aliphatic rings. The third kappa shape index (κ3) is 3.83. The van der Waals surface area contributed by atoms with Gasteiger partial charge in [0.2, 0.25) is 17.6 Å². The van der Waals surface area contributed by atoms with E-state index in [0.29, 0.717) is 34.5 Å². The van der Waals surface area contributed by atoms with Crippen molar-refractivity contribution in [1.82, 2.24) is 19.6 Å². The minimum atomic E-state index is -0.581. The molecule has 0 spiro atoms. The molecule has 0 saturated carbocycles. The highest BCUT2D eigenvalue weighted by atomic mass is 16.7. The second kappa shape index (κ2) is 7.86. The summed E-state index contributed by atoms with van der Waals surface area (Å²) in [5, 5.41) is 4.68. The van der Waals surface area contributed by atoms with Gasteiger partial charge >= 0.3 is 7.12 Å². The monoisotopic (exact) mass is 444 g/mol. The highest BCUT2D eigenvalue weighted by Gasteiger charge is 2.52. The Bertz CT molecular complexity index is 1290. The first-order chi connectivity index (χ1) is 15.8. The number of rotatable bonds is 5. The van der Waals surface area contributed by atoms with E-state index in [1.807, 2.05) is 82.4 Å². The van der Waals surface area contributed by atoms with Crippen LogP contribution in [0.3, 0.4) is 0 Å². The fourth-order valence-corrected chi connectivity index (χ4v) is 3.61. The first-order valence-corrected chi connectivity index (χ1v) is 10.8. The number of hydrogen-bond donors (Lipinski definition) is 0. The zero-order chi connectivity index (χ0) is 23.2. The molecule has 1 aliphatic heterocycles. The average molecular weight is 444 g/mol. The van der Waals surface area contributed by atoms with Gasteiger partial charge in [0.15, 0.2) is 0 Å². The van der Waals surface area contributed by atoms with Gasteiger partial charge in [-0.3, -0.25) is 0 Å². The van der Waals surface area contributed by atoms with Crippen molar-refractivity contribution in [1.29, 1.82) is 0 Å². The van der Waals surface area contributed by atoms with Crippen molar-refractivity contribution in [3.8, 4) is 29.0 Å². The number of ether oxygens (including phenoxy) is 2. The van der Waals surface area contributed by atoms with Crippen molar-refractivity contribution in [3.63, 3.8) is 0 Å². The molecule has 1 saturated heterocycles. The summed E-state index contributed by atoms with van der Waals surface area (Å²) < 4.78 is 25.8. The minimum absolute atomic E-state index is 0.380. The van der Waals surface area contributed by atoms with Gasteiger partial charge in [-0.05, 0) is 52.0 Å². The van der Waals surface area contributed by atoms with Gasteiger partial charge in [-0.2, -0.15) is 4.98 Å². The Hall–Kier alpha value is -3.43. The predicted octanol–water partition coefficient (Wildman–Crippen LogP) is 3.89. The summed E-state index contributed by atoms with van der Waals surface area (Å²) in [6.45, 7) is 8.09. The number of fused-ring (bicyclic) bond motifs is 1. The second-order valence-electron chi connectivity index (χ2n) is 8.87. The standard InChI is InChI=1S/C24H25BN4O4/c1-23(2)24(3,4)33-25(32-23)17-14-15-29-20(17)22(31-16-10-7-6-8-11-16)27-21(28-29)18-12-9-13-19(26-18)30-5/h6-15H,1-5H3. The lowest BCUT2D eigenvalue weighted by Crippen LogP contribution is -2.41. The third-order valence-electron chi connectivity index (χ3n) is 6.14. The van der Waals surface area contributed by atoms with E-state index < -0.39 is 18.3 Å². The number of benzene rings is 1. The van der Waals surface area contributed by atoms with Crippen LogP contribution in [0.25, 0.3) is 17.0 Å². The Morgan fingerprint density at radius 3 is 2.30 bits per heavy atom. The predicted molar refractivity (Wildman–Crippen MR) is 125 cm³/mol. The number of pyridine rings is 1. The smallest absolute Gasteiger partial charge is 0.481 e. The van der Waals surface area contributed by atoms with Crippen LogP contribution in [0.4, 0.5) is 0 Å². The topological polar surface area (TPSA) is 80.0 Å². The number of aromatic nitrogens is 4. The third-order valence-corrected chi connectivity index (χ3v) is 6.14. The molecule has 0 amide bonds. The summed E-state index contributed by atoms with van der Waals surface area (Å²) in [4.78, 5) is 9.21. The van der Waals surface area contributed by atoms with Crippen LogP contribution < -0.4 is 14.9 Å². The first-order valence-electron chi connectivity index (χ1n) is 10.8. The Morgan fingerprint density at radius 1 is 0.879 bits per heavy atom. The highest BCUT2D eigenvalue weighted by Crippen LogP contribution is 2.37. The fourth-order valence-electron chi connectivity index (χ4n) is 3.61. The van der Waals surface area contributed by atoms with E-state index in [1.54, 1.807) is 17.7 Å². The first kappa shape index (κ1) is 21.4. The number of hydrogen-bond acceptors (Lipinski definition) is 7. The van der Waals surface area contributed by atoms with Gasteiger partial charge in [0, 0.05) is 17.7 Å². The molecule has 0 aliphatic carbocycles. The van der Waals surface area contributed by atoms with Gasteiger partial charge in [0.1, 0.15) is 17.0 Å². The maximum Gasteiger partial charge on any atom is 0.497 e. The lowest BCUT2D eigenvalue weighted by molar-refractivity contribution is 0.00578. The van der Waals surface area contributed by atoms with Crippen LogP contribution >= 0.6 is 0 Å². The summed E-state index contributed by atoms with van der Waals surface area (Å²) >= 11 is 0. The van der Waals surface area contributed by atoms with E-state index in [2.05, 4.69) is 10.1 Å². The Morgan fingerprint density at radius 2 is 1.61 bits per heavy atom. The highest BCUT2D eigenvalue weighted by molar-refractivity contribution is 6.64. The largest absolute Gasteiger partial charge is 0.497 e. The SMILES string of the molecule is COc1cccc(-c2nc(Oc3ccccc3)c3c(B4OC(C)(C)C(C)(C)O4)ccn3n2)n1. The summed E-state index contributed by atoms with van der Waals surface area (Å²) in [6, 6.07) is 16.9. The molecule has 0 atom stereocenters. The molecular formula is C24H25BN4O4. The van der Waals surface area contributed by atoms with E-state index in [9.17, 15) is 0 Å². The number of para-hydroxylation sites is 1. The van der Waals surface area contributed by atoms with E-state index in [4.69, 9.17) is 23.8 Å². The van der Waals surface area contributed by atoms with Gasteiger partial charge < -0.3 is 18.8 Å². The molecular weight excluding hydrogens is 419 g/mol. The van der Waals surface area contributed by atoms with Crippen molar-refractivity contribution >= 4 is 18.1 Å². The van der Waals surface area contributed by atoms with Crippen molar-refractivity contribution in [2.45, 2.75) is 38.9 Å². The molecule has 8 nitrogen and oxygen atoms in total. The molecule has 0 bridgehead atoms. The average Bonchev–Trinajstić information content (AvgIpc) is 3.32. The minimum Gasteiger partial charge on any atom is -0.481 e. The Kier molecular flexibility index (Phi) is 5.10.